The summed E-state index contributed by atoms with van der Waals surface area (Å²) in [6.07, 6.45) is 2.73. The fourth-order valence-electron chi connectivity index (χ4n) is 4.87. The van der Waals surface area contributed by atoms with Gasteiger partial charge in [0.2, 0.25) is 17.7 Å². The maximum Gasteiger partial charge on any atom is 0.308 e. The number of amides is 3. The molecule has 1 saturated heterocycles. The minimum Gasteiger partial charge on any atom is -0.481 e. The first kappa shape index (κ1) is 25.7. The Morgan fingerprint density at radius 1 is 1.18 bits per heavy atom. The maximum atomic E-state index is 13.6. The number of likely N-dealkylation sites (tertiary alicyclic amines) is 1. The van der Waals surface area contributed by atoms with Crippen molar-refractivity contribution < 1.29 is 24.3 Å². The Labute approximate surface area is 200 Å². The van der Waals surface area contributed by atoms with Gasteiger partial charge in [-0.2, -0.15) is 0 Å². The second-order valence-electron chi connectivity index (χ2n) is 10.3. The Kier molecular flexibility index (Phi) is 7.97. The lowest BCUT2D eigenvalue weighted by Crippen LogP contribution is -2.58. The van der Waals surface area contributed by atoms with E-state index in [0.717, 1.165) is 24.8 Å². The first-order valence-electron chi connectivity index (χ1n) is 11.9. The Bertz CT molecular complexity index is 941. The summed E-state index contributed by atoms with van der Waals surface area (Å²) in [4.78, 5) is 52.4. The van der Waals surface area contributed by atoms with Crippen LogP contribution in [0.25, 0.3) is 0 Å². The molecule has 3 rings (SSSR count). The number of nitrogens with one attached hydrogen (secondary N) is 3. The van der Waals surface area contributed by atoms with Crippen LogP contribution in [0.5, 0.6) is 0 Å². The number of nitrogens with zero attached hydrogens (tertiary/aromatic N) is 1. The van der Waals surface area contributed by atoms with E-state index in [1.54, 1.807) is 7.05 Å². The molecule has 0 bridgehead atoms. The van der Waals surface area contributed by atoms with Crippen molar-refractivity contribution in [1.29, 1.82) is 0 Å². The van der Waals surface area contributed by atoms with Gasteiger partial charge in [-0.3, -0.25) is 19.2 Å². The van der Waals surface area contributed by atoms with E-state index < -0.39 is 35.3 Å². The third-order valence-corrected chi connectivity index (χ3v) is 6.68. The van der Waals surface area contributed by atoms with Gasteiger partial charge in [0.15, 0.2) is 0 Å². The zero-order valence-corrected chi connectivity index (χ0v) is 20.4. The van der Waals surface area contributed by atoms with E-state index >= 15 is 0 Å². The van der Waals surface area contributed by atoms with Gasteiger partial charge in [0.25, 0.3) is 0 Å². The van der Waals surface area contributed by atoms with Gasteiger partial charge in [-0.25, -0.2) is 0 Å². The molecule has 2 aliphatic rings. The summed E-state index contributed by atoms with van der Waals surface area (Å²) in [5, 5.41) is 18.2. The normalized spacial score (nSPS) is 23.1. The van der Waals surface area contributed by atoms with Gasteiger partial charge in [-0.05, 0) is 49.3 Å². The van der Waals surface area contributed by atoms with E-state index in [0.29, 0.717) is 0 Å². The van der Waals surface area contributed by atoms with Gasteiger partial charge in [-0.1, -0.05) is 45.0 Å². The van der Waals surface area contributed by atoms with E-state index in [4.69, 9.17) is 0 Å². The molecular weight excluding hydrogens is 436 g/mol. The minimum absolute atomic E-state index is 0.0442. The largest absolute Gasteiger partial charge is 0.481 e. The number of carboxylic acid groups (broad SMARTS) is 1. The summed E-state index contributed by atoms with van der Waals surface area (Å²) in [6, 6.07) is 6.00. The average Bonchev–Trinajstić information content (AvgIpc) is 3.23. The molecule has 1 aromatic carbocycles. The number of carboxylic acids is 1. The molecule has 1 fully saturated rings. The van der Waals surface area contributed by atoms with Crippen LogP contribution < -0.4 is 16.0 Å². The zero-order valence-electron chi connectivity index (χ0n) is 20.4. The molecule has 1 aromatic rings. The van der Waals surface area contributed by atoms with Gasteiger partial charge in [-0.15, -0.1) is 0 Å². The third-order valence-electron chi connectivity index (χ3n) is 6.68. The quantitative estimate of drug-likeness (QED) is 0.473. The molecule has 9 nitrogen and oxygen atoms in total. The van der Waals surface area contributed by atoms with E-state index in [1.807, 2.05) is 39.0 Å². The van der Waals surface area contributed by atoms with Crippen LogP contribution in [0.1, 0.15) is 57.2 Å². The van der Waals surface area contributed by atoms with Gasteiger partial charge in [0.05, 0.1) is 18.5 Å². The molecule has 0 spiro atoms. The lowest BCUT2D eigenvalue weighted by molar-refractivity contribution is -0.144. The number of hydrogen-bond acceptors (Lipinski definition) is 5. The second-order valence-corrected chi connectivity index (χ2v) is 10.3. The molecule has 1 aliphatic carbocycles. The van der Waals surface area contributed by atoms with Crippen molar-refractivity contribution in [1.82, 2.24) is 20.9 Å². The van der Waals surface area contributed by atoms with Gasteiger partial charge in [0.1, 0.15) is 12.1 Å². The molecule has 0 radical (unpaired) electrons. The molecule has 4 atom stereocenters. The standard InChI is InChI=1S/C25H36N4O5/c1-25(2,3)21(28-20(30)13-26-4)23(32)29-14-16(24(33)34)12-19(29)22(31)27-18-11-7-9-15-8-5-6-10-17(15)18/h5-6,8,10,16,18-19,21,26H,7,9,11-14H2,1-4H3,(H,27,31)(H,28,30)(H,33,34)/t16-,18+,19-,21+/m0/s1. The predicted octanol–water partition coefficient (Wildman–Crippen LogP) is 1.23. The highest BCUT2D eigenvalue weighted by Crippen LogP contribution is 2.32. The highest BCUT2D eigenvalue weighted by atomic mass is 16.4. The van der Waals surface area contributed by atoms with Crippen LogP contribution in [0, 0.1) is 11.3 Å². The van der Waals surface area contributed by atoms with Crippen molar-refractivity contribution >= 4 is 23.7 Å². The summed E-state index contributed by atoms with van der Waals surface area (Å²) in [6.45, 7) is 5.46. The Balaban J connectivity index is 1.83. The Morgan fingerprint density at radius 2 is 1.88 bits per heavy atom. The third kappa shape index (κ3) is 5.75. The van der Waals surface area contributed by atoms with Crippen molar-refractivity contribution in [2.45, 2.75) is 64.6 Å². The molecule has 0 saturated carbocycles. The number of fused-ring (bicyclic) bond motifs is 1. The molecule has 0 unspecified atom stereocenters. The number of rotatable bonds is 7. The number of carbonyl (C=O) groups is 4. The molecule has 3 amide bonds. The highest BCUT2D eigenvalue weighted by molar-refractivity contribution is 5.94. The zero-order chi connectivity index (χ0) is 25.0. The molecule has 1 heterocycles. The predicted molar refractivity (Wildman–Crippen MR) is 127 cm³/mol. The Hall–Kier alpha value is -2.94. The van der Waals surface area contributed by atoms with Crippen LogP contribution in [0.15, 0.2) is 24.3 Å². The highest BCUT2D eigenvalue weighted by Gasteiger charge is 2.47. The number of likely N-dealkylation sites (N-methyl/N-ethyl adjacent to an activating group) is 1. The lowest BCUT2D eigenvalue weighted by Gasteiger charge is -2.36. The van der Waals surface area contributed by atoms with Crippen molar-refractivity contribution in [3.05, 3.63) is 35.4 Å². The van der Waals surface area contributed by atoms with Crippen LogP contribution in [0.2, 0.25) is 0 Å². The molecule has 0 aromatic heterocycles. The Morgan fingerprint density at radius 3 is 2.53 bits per heavy atom. The number of benzene rings is 1. The van der Waals surface area contributed by atoms with Crippen LogP contribution in [0.4, 0.5) is 0 Å². The minimum atomic E-state index is -1.04. The van der Waals surface area contributed by atoms with Gasteiger partial charge < -0.3 is 26.0 Å². The molecular formula is C25H36N4O5. The number of hydrogen-bond donors (Lipinski definition) is 4. The first-order chi connectivity index (χ1) is 16.0. The number of carbonyl (C=O) groups excluding carboxylic acids is 3. The molecule has 9 heteroatoms. The molecule has 1 aliphatic heterocycles. The summed E-state index contributed by atoms with van der Waals surface area (Å²) >= 11 is 0. The fraction of sp³-hybridized carbons (Fsp3) is 0.600. The first-order valence-corrected chi connectivity index (χ1v) is 11.9. The number of aliphatic carboxylic acids is 1. The monoisotopic (exact) mass is 472 g/mol. The summed E-state index contributed by atoms with van der Waals surface area (Å²) < 4.78 is 0. The number of aryl methyl sites for hydroxylation is 1. The van der Waals surface area contributed by atoms with Crippen molar-refractivity contribution in [2.24, 2.45) is 11.3 Å². The van der Waals surface area contributed by atoms with Crippen molar-refractivity contribution in [2.75, 3.05) is 20.1 Å². The average molecular weight is 473 g/mol. The van der Waals surface area contributed by atoms with E-state index in [1.165, 1.54) is 10.5 Å². The van der Waals surface area contributed by atoms with Gasteiger partial charge in [0, 0.05) is 6.54 Å². The van der Waals surface area contributed by atoms with Crippen LogP contribution in [-0.2, 0) is 25.6 Å². The van der Waals surface area contributed by atoms with Crippen LogP contribution in [0.3, 0.4) is 0 Å². The lowest BCUT2D eigenvalue weighted by atomic mass is 9.85. The van der Waals surface area contributed by atoms with E-state index in [9.17, 15) is 24.3 Å². The van der Waals surface area contributed by atoms with Crippen LogP contribution >= 0.6 is 0 Å². The van der Waals surface area contributed by atoms with E-state index in [2.05, 4.69) is 22.0 Å². The smallest absolute Gasteiger partial charge is 0.308 e. The second kappa shape index (κ2) is 10.5. The maximum absolute atomic E-state index is 13.6. The van der Waals surface area contributed by atoms with Gasteiger partial charge >= 0.3 is 5.97 Å². The fourth-order valence-corrected chi connectivity index (χ4v) is 4.87. The molecule has 186 valence electrons. The molecule has 4 N–H and O–H groups in total. The van der Waals surface area contributed by atoms with E-state index in [-0.39, 0.29) is 37.4 Å². The molecule has 34 heavy (non-hydrogen) atoms. The van der Waals surface area contributed by atoms with Crippen molar-refractivity contribution in [3.8, 4) is 0 Å². The summed E-state index contributed by atoms with van der Waals surface area (Å²) in [7, 11) is 1.63. The van der Waals surface area contributed by atoms with Crippen LogP contribution in [-0.4, -0.2) is 65.9 Å². The SMILES string of the molecule is CNCC(=O)N[C@H](C(=O)N1C[C@@H](C(=O)O)C[C@H]1C(=O)N[C@@H]1CCCc2ccccc21)C(C)(C)C. The van der Waals surface area contributed by atoms with Crippen molar-refractivity contribution in [3.63, 3.8) is 0 Å². The topological polar surface area (TPSA) is 128 Å². The summed E-state index contributed by atoms with van der Waals surface area (Å²) in [5.41, 5.74) is 1.63. The summed E-state index contributed by atoms with van der Waals surface area (Å²) in [5.74, 6) is -3.02.